The number of rotatable bonds is 4. The normalized spacial score (nSPS) is 14.3. The van der Waals surface area contributed by atoms with E-state index >= 15 is 0 Å². The van der Waals surface area contributed by atoms with Gasteiger partial charge < -0.3 is 20.4 Å². The fraction of sp³-hybridized carbons (Fsp3) is 1.00. The SMILES string of the molecule is CC[C@H](C)O.CC[C@H](C)O.CC[C@H](C)O.CC[C@H](C)O.[Ti]. The van der Waals surface area contributed by atoms with Crippen LogP contribution in [0.5, 0.6) is 0 Å². The summed E-state index contributed by atoms with van der Waals surface area (Å²) in [6.45, 7) is 14.9. The Balaban J connectivity index is -0.0000000533. The van der Waals surface area contributed by atoms with Crippen molar-refractivity contribution in [2.45, 2.75) is 105 Å². The van der Waals surface area contributed by atoms with Gasteiger partial charge in [-0.15, -0.1) is 0 Å². The predicted octanol–water partition coefficient (Wildman–Crippen LogP) is 3.11. The molecule has 0 saturated carbocycles. The Morgan fingerprint density at radius 1 is 0.476 bits per heavy atom. The van der Waals surface area contributed by atoms with Gasteiger partial charge in [0.05, 0.1) is 24.4 Å². The van der Waals surface area contributed by atoms with Crippen molar-refractivity contribution in [3.8, 4) is 0 Å². The van der Waals surface area contributed by atoms with Crippen LogP contribution in [0, 0.1) is 0 Å². The van der Waals surface area contributed by atoms with Gasteiger partial charge in [0.15, 0.2) is 0 Å². The minimum Gasteiger partial charge on any atom is -0.393 e. The molecule has 0 aromatic rings. The van der Waals surface area contributed by atoms with E-state index in [0.29, 0.717) is 0 Å². The molecule has 0 rings (SSSR count). The zero-order chi connectivity index (χ0) is 17.1. The largest absolute Gasteiger partial charge is 0.393 e. The third kappa shape index (κ3) is 96.7. The first kappa shape index (κ1) is 33.2. The Morgan fingerprint density at radius 2 is 0.524 bits per heavy atom. The minimum absolute atomic E-state index is 0. The van der Waals surface area contributed by atoms with E-state index in [2.05, 4.69) is 0 Å². The van der Waals surface area contributed by atoms with Crippen molar-refractivity contribution in [2.75, 3.05) is 0 Å². The van der Waals surface area contributed by atoms with Gasteiger partial charge >= 0.3 is 0 Å². The van der Waals surface area contributed by atoms with Crippen LogP contribution >= 0.6 is 0 Å². The van der Waals surface area contributed by atoms with Crippen molar-refractivity contribution in [2.24, 2.45) is 0 Å². The minimum atomic E-state index is -0.116. The molecule has 4 N–H and O–H groups in total. The molecule has 0 amide bonds. The smallest absolute Gasteiger partial charge is 0.0509 e. The van der Waals surface area contributed by atoms with Crippen molar-refractivity contribution in [1.29, 1.82) is 0 Å². The van der Waals surface area contributed by atoms with Crippen LogP contribution < -0.4 is 0 Å². The van der Waals surface area contributed by atoms with Crippen LogP contribution in [0.15, 0.2) is 0 Å². The van der Waals surface area contributed by atoms with Gasteiger partial charge in [0, 0.05) is 21.7 Å². The van der Waals surface area contributed by atoms with E-state index in [0.717, 1.165) is 25.7 Å². The fourth-order valence-corrected chi connectivity index (χ4v) is 0. The van der Waals surface area contributed by atoms with E-state index in [4.69, 9.17) is 20.4 Å². The summed E-state index contributed by atoms with van der Waals surface area (Å²) in [6, 6.07) is 0. The van der Waals surface area contributed by atoms with Gasteiger partial charge in [-0.25, -0.2) is 0 Å². The molecular weight excluding hydrogens is 304 g/mol. The zero-order valence-corrected chi connectivity index (χ0v) is 17.0. The zero-order valence-electron chi connectivity index (χ0n) is 15.4. The van der Waals surface area contributed by atoms with E-state index in [1.807, 2.05) is 27.7 Å². The summed E-state index contributed by atoms with van der Waals surface area (Å²) in [5, 5.41) is 33.4. The summed E-state index contributed by atoms with van der Waals surface area (Å²) >= 11 is 0. The average molecular weight is 344 g/mol. The van der Waals surface area contributed by atoms with Gasteiger partial charge in [0.1, 0.15) is 0 Å². The molecule has 132 valence electrons. The summed E-state index contributed by atoms with van der Waals surface area (Å²) in [4.78, 5) is 0. The Kier molecular flexibility index (Phi) is 45.4. The van der Waals surface area contributed by atoms with E-state index in [1.165, 1.54) is 0 Å². The van der Waals surface area contributed by atoms with E-state index < -0.39 is 0 Å². The molecule has 0 saturated heterocycles. The first-order valence-electron chi connectivity index (χ1n) is 7.80. The topological polar surface area (TPSA) is 80.9 Å². The number of aliphatic hydroxyl groups is 4. The van der Waals surface area contributed by atoms with Gasteiger partial charge in [0.25, 0.3) is 0 Å². The molecule has 0 aliphatic rings. The number of hydrogen-bond acceptors (Lipinski definition) is 4. The summed E-state index contributed by atoms with van der Waals surface area (Å²) in [6.07, 6.45) is 2.98. The van der Waals surface area contributed by atoms with Crippen LogP contribution in [-0.4, -0.2) is 44.8 Å². The quantitative estimate of drug-likeness (QED) is 0.591. The molecular formula is C16H40O4Ti. The predicted molar refractivity (Wildman–Crippen MR) is 87.9 cm³/mol. The molecule has 0 heterocycles. The molecule has 0 fully saturated rings. The fourth-order valence-electron chi connectivity index (χ4n) is 0. The summed E-state index contributed by atoms with van der Waals surface area (Å²) in [5.74, 6) is 0. The van der Waals surface area contributed by atoms with E-state index in [1.54, 1.807) is 27.7 Å². The van der Waals surface area contributed by atoms with Crippen molar-refractivity contribution >= 4 is 0 Å². The van der Waals surface area contributed by atoms with E-state index in [9.17, 15) is 0 Å². The van der Waals surface area contributed by atoms with Crippen LogP contribution in [0.3, 0.4) is 0 Å². The maximum absolute atomic E-state index is 8.36. The molecule has 0 spiro atoms. The standard InChI is InChI=1S/4C4H10O.Ti/c4*1-3-4(2)5;/h4*4-5H,3H2,1-2H3;/t4*4-;/m0000./s1. The van der Waals surface area contributed by atoms with Crippen LogP contribution in [0.4, 0.5) is 0 Å². The second-order valence-electron chi connectivity index (χ2n) is 5.03. The molecule has 0 aromatic carbocycles. The Morgan fingerprint density at radius 3 is 0.524 bits per heavy atom. The van der Waals surface area contributed by atoms with Gasteiger partial charge in [-0.2, -0.15) is 0 Å². The van der Waals surface area contributed by atoms with Crippen molar-refractivity contribution in [3.05, 3.63) is 0 Å². The van der Waals surface area contributed by atoms with Gasteiger partial charge in [-0.3, -0.25) is 0 Å². The third-order valence-corrected chi connectivity index (χ3v) is 2.36. The molecule has 4 atom stereocenters. The summed E-state index contributed by atoms with van der Waals surface area (Å²) in [5.41, 5.74) is 0. The van der Waals surface area contributed by atoms with Crippen molar-refractivity contribution in [1.82, 2.24) is 0 Å². The average Bonchev–Trinajstić information content (AvgIpc) is 2.40. The molecule has 4 nitrogen and oxygen atoms in total. The Hall–Kier alpha value is 0.554. The van der Waals surface area contributed by atoms with Gasteiger partial charge in [-0.1, -0.05) is 27.7 Å². The molecule has 21 heavy (non-hydrogen) atoms. The number of aliphatic hydroxyl groups excluding tert-OH is 4. The van der Waals surface area contributed by atoms with Crippen molar-refractivity contribution in [3.63, 3.8) is 0 Å². The van der Waals surface area contributed by atoms with Gasteiger partial charge in [-0.05, 0) is 53.4 Å². The summed E-state index contributed by atoms with van der Waals surface area (Å²) < 4.78 is 0. The van der Waals surface area contributed by atoms with Crippen molar-refractivity contribution < 1.29 is 42.1 Å². The van der Waals surface area contributed by atoms with Gasteiger partial charge in [0.2, 0.25) is 0 Å². The monoisotopic (exact) mass is 344 g/mol. The first-order valence-corrected chi connectivity index (χ1v) is 7.80. The maximum Gasteiger partial charge on any atom is 0.0509 e. The molecule has 0 bridgehead atoms. The maximum atomic E-state index is 8.36. The van der Waals surface area contributed by atoms with Crippen LogP contribution in [0.25, 0.3) is 0 Å². The first-order chi connectivity index (χ1) is 9.08. The van der Waals surface area contributed by atoms with E-state index in [-0.39, 0.29) is 46.1 Å². The Labute approximate surface area is 147 Å². The molecule has 0 unspecified atom stereocenters. The third-order valence-electron chi connectivity index (χ3n) is 2.36. The molecule has 0 aromatic heterocycles. The molecule has 0 radical (unpaired) electrons. The van der Waals surface area contributed by atoms with Crippen LogP contribution in [0.1, 0.15) is 81.1 Å². The number of hydrogen-bond donors (Lipinski definition) is 4. The second kappa shape index (κ2) is 28.7. The molecule has 5 heteroatoms. The molecule has 0 aliphatic heterocycles. The van der Waals surface area contributed by atoms with Crippen LogP contribution in [-0.2, 0) is 21.7 Å². The molecule has 0 aliphatic carbocycles. The summed E-state index contributed by atoms with van der Waals surface area (Å²) in [7, 11) is 0. The second-order valence-corrected chi connectivity index (χ2v) is 5.03. The Bertz CT molecular complexity index is 108. The van der Waals surface area contributed by atoms with Crippen LogP contribution in [0.2, 0.25) is 0 Å².